The lowest BCUT2D eigenvalue weighted by molar-refractivity contribution is 0.759. The van der Waals surface area contributed by atoms with E-state index in [-0.39, 0.29) is 0 Å². The van der Waals surface area contributed by atoms with Gasteiger partial charge >= 0.3 is 0 Å². The highest BCUT2D eigenvalue weighted by Gasteiger charge is 2.05. The van der Waals surface area contributed by atoms with Gasteiger partial charge in [-0.15, -0.1) is 0 Å². The molecule has 0 nitrogen and oxygen atoms in total. The summed E-state index contributed by atoms with van der Waals surface area (Å²) in [6.07, 6.45) is 1.06. The van der Waals surface area contributed by atoms with Gasteiger partial charge in [-0.05, 0) is 35.6 Å². The van der Waals surface area contributed by atoms with Gasteiger partial charge in [-0.25, -0.2) is 0 Å². The first kappa shape index (κ1) is 9.97. The van der Waals surface area contributed by atoms with E-state index in [9.17, 15) is 0 Å². The lowest BCUT2D eigenvalue weighted by Gasteiger charge is -2.11. The van der Waals surface area contributed by atoms with Gasteiger partial charge in [0.15, 0.2) is 0 Å². The van der Waals surface area contributed by atoms with E-state index in [0.29, 0.717) is 5.92 Å². The van der Waals surface area contributed by atoms with Crippen molar-refractivity contribution >= 4 is 0 Å². The van der Waals surface area contributed by atoms with Gasteiger partial charge in [-0.2, -0.15) is 0 Å². The molecule has 0 fully saturated rings. The summed E-state index contributed by atoms with van der Waals surface area (Å²) in [6.45, 7) is 2.26. The average Bonchev–Trinajstić information content (AvgIpc) is 2.31. The molecule has 2 aromatic carbocycles. The molecule has 0 heterocycles. The Labute approximate surface area is 91.6 Å². The van der Waals surface area contributed by atoms with Crippen molar-refractivity contribution < 1.29 is 0 Å². The molecule has 1 atom stereocenters. The molecule has 2 aromatic rings. The number of hydrogen-bond acceptors (Lipinski definition) is 0. The van der Waals surface area contributed by atoms with Crippen molar-refractivity contribution in [3.05, 3.63) is 71.8 Å². The largest absolute Gasteiger partial charge is 0.0622 e. The van der Waals surface area contributed by atoms with Gasteiger partial charge in [0.05, 0.1) is 0 Å². The summed E-state index contributed by atoms with van der Waals surface area (Å²) in [7, 11) is 0. The van der Waals surface area contributed by atoms with Gasteiger partial charge < -0.3 is 0 Å². The Morgan fingerprint density at radius 3 is 2.53 bits per heavy atom. The van der Waals surface area contributed by atoms with Crippen molar-refractivity contribution in [1.29, 1.82) is 0 Å². The minimum atomic E-state index is 0.557. The molecule has 15 heavy (non-hydrogen) atoms. The Bertz CT molecular complexity index is 389. The van der Waals surface area contributed by atoms with Gasteiger partial charge in [-0.1, -0.05) is 55.5 Å². The molecule has 2 radical (unpaired) electrons. The van der Waals surface area contributed by atoms with Crippen LogP contribution in [0, 0.1) is 12.1 Å². The first-order chi connectivity index (χ1) is 7.36. The fourth-order valence-electron chi connectivity index (χ4n) is 1.76. The summed E-state index contributed by atoms with van der Waals surface area (Å²) in [4.78, 5) is 0. The second-order valence-electron chi connectivity index (χ2n) is 3.86. The molecule has 0 aliphatic heterocycles. The standard InChI is InChI=1S/C15H14/c1-13(15-10-6-3-7-11-15)12-14-8-4-2-5-9-14/h3-4,6-11,13H,12H2,1H3. The zero-order valence-electron chi connectivity index (χ0n) is 8.90. The SMILES string of the molecule is CC(Cc1c[c][c]cc1)c1ccccc1. The fraction of sp³-hybridized carbons (Fsp3) is 0.200. The van der Waals surface area contributed by atoms with E-state index in [4.69, 9.17) is 0 Å². The summed E-state index contributed by atoms with van der Waals surface area (Å²) >= 11 is 0. The normalized spacial score (nSPS) is 12.3. The van der Waals surface area contributed by atoms with Crippen molar-refractivity contribution in [3.63, 3.8) is 0 Å². The Hall–Kier alpha value is -1.56. The predicted molar refractivity (Wildman–Crippen MR) is 62.7 cm³/mol. The van der Waals surface area contributed by atoms with Crippen LogP contribution in [0.25, 0.3) is 0 Å². The van der Waals surface area contributed by atoms with E-state index in [1.807, 2.05) is 12.1 Å². The summed E-state index contributed by atoms with van der Waals surface area (Å²) in [5.41, 5.74) is 2.72. The van der Waals surface area contributed by atoms with Crippen molar-refractivity contribution in [2.75, 3.05) is 0 Å². The Morgan fingerprint density at radius 1 is 1.07 bits per heavy atom. The third-order valence-electron chi connectivity index (χ3n) is 2.63. The van der Waals surface area contributed by atoms with Gasteiger partial charge in [-0.3, -0.25) is 0 Å². The molecule has 0 saturated carbocycles. The van der Waals surface area contributed by atoms with E-state index < -0.39 is 0 Å². The van der Waals surface area contributed by atoms with Crippen molar-refractivity contribution in [1.82, 2.24) is 0 Å². The highest BCUT2D eigenvalue weighted by atomic mass is 14.1. The van der Waals surface area contributed by atoms with Crippen LogP contribution in [0.1, 0.15) is 24.0 Å². The number of benzene rings is 2. The molecule has 0 aromatic heterocycles. The second kappa shape index (κ2) is 4.79. The smallest absolute Gasteiger partial charge is 0.00961 e. The summed E-state index contributed by atoms with van der Waals surface area (Å²) in [5.74, 6) is 0.557. The molecule has 2 rings (SSSR count). The van der Waals surface area contributed by atoms with E-state index in [0.717, 1.165) is 6.42 Å². The highest BCUT2D eigenvalue weighted by molar-refractivity contribution is 5.22. The molecule has 0 saturated heterocycles. The zero-order valence-corrected chi connectivity index (χ0v) is 8.90. The van der Waals surface area contributed by atoms with Crippen LogP contribution in [-0.2, 0) is 6.42 Å². The molecule has 0 aliphatic rings. The van der Waals surface area contributed by atoms with E-state index in [1.165, 1.54) is 11.1 Å². The molecule has 0 bridgehead atoms. The average molecular weight is 194 g/mol. The summed E-state index contributed by atoms with van der Waals surface area (Å²) < 4.78 is 0. The Morgan fingerprint density at radius 2 is 1.87 bits per heavy atom. The summed E-state index contributed by atoms with van der Waals surface area (Å²) in [5, 5.41) is 0. The molecule has 0 N–H and O–H groups in total. The van der Waals surface area contributed by atoms with E-state index in [2.05, 4.69) is 55.5 Å². The second-order valence-corrected chi connectivity index (χ2v) is 3.86. The zero-order chi connectivity index (χ0) is 10.5. The summed E-state index contributed by atoms with van der Waals surface area (Å²) in [6, 6.07) is 22.6. The maximum absolute atomic E-state index is 2.99. The minimum absolute atomic E-state index is 0.557. The lowest BCUT2D eigenvalue weighted by Crippen LogP contribution is -1.97. The molecule has 0 spiro atoms. The minimum Gasteiger partial charge on any atom is -0.0622 e. The monoisotopic (exact) mass is 194 g/mol. The predicted octanol–water partition coefficient (Wildman–Crippen LogP) is 3.63. The van der Waals surface area contributed by atoms with Crippen LogP contribution < -0.4 is 0 Å². The van der Waals surface area contributed by atoms with Gasteiger partial charge in [0.2, 0.25) is 0 Å². The quantitative estimate of drug-likeness (QED) is 0.700. The van der Waals surface area contributed by atoms with Crippen molar-refractivity contribution in [3.8, 4) is 0 Å². The molecule has 0 aliphatic carbocycles. The molecule has 1 unspecified atom stereocenters. The van der Waals surface area contributed by atoms with Crippen LogP contribution in [0.2, 0.25) is 0 Å². The molecule has 0 amide bonds. The maximum atomic E-state index is 2.99. The number of hydrogen-bond donors (Lipinski definition) is 0. The first-order valence-electron chi connectivity index (χ1n) is 5.28. The maximum Gasteiger partial charge on any atom is -0.00961 e. The fourth-order valence-corrected chi connectivity index (χ4v) is 1.76. The Kier molecular flexibility index (Phi) is 3.18. The van der Waals surface area contributed by atoms with Crippen LogP contribution in [0.4, 0.5) is 0 Å². The van der Waals surface area contributed by atoms with Crippen LogP contribution >= 0.6 is 0 Å². The third-order valence-corrected chi connectivity index (χ3v) is 2.63. The molecule has 74 valence electrons. The van der Waals surface area contributed by atoms with Gasteiger partial charge in [0.1, 0.15) is 0 Å². The molecule has 0 heteroatoms. The highest BCUT2D eigenvalue weighted by Crippen LogP contribution is 2.19. The van der Waals surface area contributed by atoms with Crippen molar-refractivity contribution in [2.45, 2.75) is 19.3 Å². The first-order valence-corrected chi connectivity index (χ1v) is 5.28. The molecular formula is C15H14. The van der Waals surface area contributed by atoms with Crippen molar-refractivity contribution in [2.24, 2.45) is 0 Å². The van der Waals surface area contributed by atoms with Gasteiger partial charge in [0, 0.05) is 0 Å². The van der Waals surface area contributed by atoms with Crippen LogP contribution in [0.5, 0.6) is 0 Å². The van der Waals surface area contributed by atoms with Crippen LogP contribution in [0.15, 0.2) is 48.5 Å². The van der Waals surface area contributed by atoms with E-state index in [1.54, 1.807) is 0 Å². The Balaban J connectivity index is 2.08. The van der Waals surface area contributed by atoms with Crippen LogP contribution in [-0.4, -0.2) is 0 Å². The lowest BCUT2D eigenvalue weighted by atomic mass is 9.94. The third kappa shape index (κ3) is 2.69. The van der Waals surface area contributed by atoms with Crippen LogP contribution in [0.3, 0.4) is 0 Å². The van der Waals surface area contributed by atoms with Gasteiger partial charge in [0.25, 0.3) is 0 Å². The molecular weight excluding hydrogens is 180 g/mol. The number of rotatable bonds is 3. The topological polar surface area (TPSA) is 0 Å². The van der Waals surface area contributed by atoms with E-state index >= 15 is 0 Å².